The molecule has 0 spiro atoms. The third kappa shape index (κ3) is 4.02. The predicted octanol–water partition coefficient (Wildman–Crippen LogP) is 2.86. The molecule has 4 heteroatoms. The Morgan fingerprint density at radius 2 is 2.00 bits per heavy atom. The first-order valence-electron chi connectivity index (χ1n) is 6.62. The summed E-state index contributed by atoms with van der Waals surface area (Å²) in [6.45, 7) is 4.92. The monoisotopic (exact) mass is 259 g/mol. The number of ether oxygens (including phenoxy) is 1. The number of hydrogen-bond donors (Lipinski definition) is 1. The summed E-state index contributed by atoms with van der Waals surface area (Å²) in [5.74, 6) is 2.00. The second-order valence-electron chi connectivity index (χ2n) is 4.82. The summed E-state index contributed by atoms with van der Waals surface area (Å²) >= 11 is 0. The number of aryl methyl sites for hydroxylation is 1. The molecule has 0 amide bonds. The zero-order valence-electron chi connectivity index (χ0n) is 11.8. The lowest BCUT2D eigenvalue weighted by Crippen LogP contribution is -2.09. The third-order valence-corrected chi connectivity index (χ3v) is 2.82. The van der Waals surface area contributed by atoms with Gasteiger partial charge in [0.1, 0.15) is 11.6 Å². The van der Waals surface area contributed by atoms with Gasteiger partial charge >= 0.3 is 0 Å². The van der Waals surface area contributed by atoms with Crippen LogP contribution in [0, 0.1) is 0 Å². The molecule has 2 aromatic rings. The van der Waals surface area contributed by atoms with Gasteiger partial charge in [0.2, 0.25) is 0 Å². The summed E-state index contributed by atoms with van der Waals surface area (Å²) in [6, 6.07) is 8.05. The van der Waals surface area contributed by atoms with E-state index in [1.807, 2.05) is 62.1 Å². The topological polar surface area (TPSA) is 39.1 Å². The number of hydrogen-bond acceptors (Lipinski definition) is 3. The molecule has 0 fully saturated rings. The molecule has 2 rings (SSSR count). The molecule has 0 aliphatic carbocycles. The van der Waals surface area contributed by atoms with Crippen LogP contribution in [0.5, 0.6) is 5.75 Å². The highest BCUT2D eigenvalue weighted by molar-refractivity contribution is 5.46. The van der Waals surface area contributed by atoms with Crippen molar-refractivity contribution < 1.29 is 4.74 Å². The van der Waals surface area contributed by atoms with Gasteiger partial charge in [0.15, 0.2) is 0 Å². The molecule has 19 heavy (non-hydrogen) atoms. The highest BCUT2D eigenvalue weighted by Gasteiger charge is 2.00. The minimum absolute atomic E-state index is 0.210. The Morgan fingerprint density at radius 3 is 2.58 bits per heavy atom. The van der Waals surface area contributed by atoms with Crippen molar-refractivity contribution in [1.29, 1.82) is 0 Å². The van der Waals surface area contributed by atoms with E-state index in [2.05, 4.69) is 10.3 Å². The van der Waals surface area contributed by atoms with Crippen molar-refractivity contribution in [3.8, 4) is 5.75 Å². The lowest BCUT2D eigenvalue weighted by molar-refractivity contribution is 0.242. The van der Waals surface area contributed by atoms with Crippen molar-refractivity contribution in [3.05, 3.63) is 42.5 Å². The summed E-state index contributed by atoms with van der Waals surface area (Å²) < 4.78 is 7.65. The molecule has 0 unspecified atom stereocenters. The molecule has 0 aliphatic heterocycles. The van der Waals surface area contributed by atoms with Crippen LogP contribution in [-0.4, -0.2) is 22.2 Å². The van der Waals surface area contributed by atoms with Gasteiger partial charge in [-0.3, -0.25) is 0 Å². The summed E-state index contributed by atoms with van der Waals surface area (Å²) in [4.78, 5) is 4.30. The molecule has 4 nitrogen and oxygen atoms in total. The fourth-order valence-electron chi connectivity index (χ4n) is 1.88. The van der Waals surface area contributed by atoms with E-state index in [4.69, 9.17) is 4.74 Å². The molecule has 1 N–H and O–H groups in total. The van der Waals surface area contributed by atoms with Gasteiger partial charge in [0.05, 0.1) is 6.10 Å². The molecule has 1 aromatic heterocycles. The Hall–Kier alpha value is -1.97. The van der Waals surface area contributed by atoms with E-state index < -0.39 is 0 Å². The highest BCUT2D eigenvalue weighted by Crippen LogP contribution is 2.16. The molecular weight excluding hydrogens is 238 g/mol. The third-order valence-electron chi connectivity index (χ3n) is 2.82. The van der Waals surface area contributed by atoms with Crippen molar-refractivity contribution in [2.45, 2.75) is 26.4 Å². The van der Waals surface area contributed by atoms with Crippen LogP contribution in [0.25, 0.3) is 0 Å². The second-order valence-corrected chi connectivity index (χ2v) is 4.82. The average molecular weight is 259 g/mol. The maximum Gasteiger partial charge on any atom is 0.119 e. The van der Waals surface area contributed by atoms with Gasteiger partial charge in [0, 0.05) is 38.1 Å². The Morgan fingerprint density at radius 1 is 1.26 bits per heavy atom. The highest BCUT2D eigenvalue weighted by atomic mass is 16.5. The number of anilines is 1. The molecule has 0 atom stereocenters. The number of imidazole rings is 1. The van der Waals surface area contributed by atoms with Crippen LogP contribution in [0.4, 0.5) is 5.69 Å². The fourth-order valence-corrected chi connectivity index (χ4v) is 1.88. The summed E-state index contributed by atoms with van der Waals surface area (Å²) in [7, 11) is 2.01. The van der Waals surface area contributed by atoms with Gasteiger partial charge in [-0.25, -0.2) is 4.98 Å². The van der Waals surface area contributed by atoms with Crippen molar-refractivity contribution in [3.63, 3.8) is 0 Å². The maximum atomic E-state index is 5.61. The van der Waals surface area contributed by atoms with Gasteiger partial charge in [-0.05, 0) is 38.1 Å². The molecule has 0 aliphatic rings. The van der Waals surface area contributed by atoms with Gasteiger partial charge in [-0.1, -0.05) is 0 Å². The first-order chi connectivity index (χ1) is 9.15. The van der Waals surface area contributed by atoms with Gasteiger partial charge in [-0.2, -0.15) is 0 Å². The zero-order valence-corrected chi connectivity index (χ0v) is 11.8. The molecule has 0 radical (unpaired) electrons. The predicted molar refractivity (Wildman–Crippen MR) is 77.6 cm³/mol. The van der Waals surface area contributed by atoms with Crippen LogP contribution in [0.2, 0.25) is 0 Å². The summed E-state index contributed by atoms with van der Waals surface area (Å²) in [5.41, 5.74) is 1.10. The molecule has 0 saturated carbocycles. The van der Waals surface area contributed by atoms with Crippen LogP contribution in [0.1, 0.15) is 19.7 Å². The summed E-state index contributed by atoms with van der Waals surface area (Å²) in [5, 5.41) is 3.38. The quantitative estimate of drug-likeness (QED) is 0.867. The molecule has 1 heterocycles. The van der Waals surface area contributed by atoms with Crippen molar-refractivity contribution in [1.82, 2.24) is 9.55 Å². The minimum atomic E-state index is 0.210. The maximum absolute atomic E-state index is 5.61. The van der Waals surface area contributed by atoms with E-state index in [-0.39, 0.29) is 6.10 Å². The van der Waals surface area contributed by atoms with Gasteiger partial charge in [0.25, 0.3) is 0 Å². The largest absolute Gasteiger partial charge is 0.491 e. The fraction of sp³-hybridized carbons (Fsp3) is 0.400. The number of rotatable bonds is 6. The van der Waals surface area contributed by atoms with Crippen LogP contribution in [0.3, 0.4) is 0 Å². The molecular formula is C15H21N3O. The van der Waals surface area contributed by atoms with E-state index in [9.17, 15) is 0 Å². The SMILES string of the molecule is CC(C)Oc1ccc(NCCc2nccn2C)cc1. The first kappa shape index (κ1) is 13.5. The lowest BCUT2D eigenvalue weighted by atomic mass is 10.3. The molecule has 102 valence electrons. The van der Waals surface area contributed by atoms with E-state index in [1.165, 1.54) is 0 Å². The number of nitrogens with zero attached hydrogens (tertiary/aromatic N) is 2. The van der Waals surface area contributed by atoms with E-state index in [0.29, 0.717) is 0 Å². The number of nitrogens with one attached hydrogen (secondary N) is 1. The van der Waals surface area contributed by atoms with Crippen LogP contribution >= 0.6 is 0 Å². The smallest absolute Gasteiger partial charge is 0.119 e. The summed E-state index contributed by atoms with van der Waals surface area (Å²) in [6.07, 6.45) is 4.91. The number of benzene rings is 1. The van der Waals surface area contributed by atoms with Gasteiger partial charge < -0.3 is 14.6 Å². The Balaban J connectivity index is 1.81. The molecule has 0 saturated heterocycles. The molecule has 0 bridgehead atoms. The van der Waals surface area contributed by atoms with Crippen LogP contribution in [0.15, 0.2) is 36.7 Å². The van der Waals surface area contributed by atoms with Crippen molar-refractivity contribution in [2.75, 3.05) is 11.9 Å². The van der Waals surface area contributed by atoms with E-state index in [0.717, 1.165) is 30.2 Å². The first-order valence-corrected chi connectivity index (χ1v) is 6.62. The lowest BCUT2D eigenvalue weighted by Gasteiger charge is -2.11. The Bertz CT molecular complexity index is 502. The average Bonchev–Trinajstić information content (AvgIpc) is 2.77. The number of aromatic nitrogens is 2. The second kappa shape index (κ2) is 6.27. The van der Waals surface area contributed by atoms with Crippen molar-refractivity contribution >= 4 is 5.69 Å². The Kier molecular flexibility index (Phi) is 4.44. The standard InChI is InChI=1S/C15H21N3O/c1-12(2)19-14-6-4-13(5-7-14)16-9-8-15-17-10-11-18(15)3/h4-7,10-12,16H,8-9H2,1-3H3. The minimum Gasteiger partial charge on any atom is -0.491 e. The Labute approximate surface area is 114 Å². The van der Waals surface area contributed by atoms with Gasteiger partial charge in [-0.15, -0.1) is 0 Å². The van der Waals surface area contributed by atoms with E-state index >= 15 is 0 Å². The van der Waals surface area contributed by atoms with Crippen molar-refractivity contribution in [2.24, 2.45) is 7.05 Å². The van der Waals surface area contributed by atoms with Crippen LogP contribution in [-0.2, 0) is 13.5 Å². The van der Waals surface area contributed by atoms with Crippen LogP contribution < -0.4 is 10.1 Å². The molecule has 1 aromatic carbocycles. The zero-order chi connectivity index (χ0) is 13.7. The van der Waals surface area contributed by atoms with E-state index in [1.54, 1.807) is 0 Å². The normalized spacial score (nSPS) is 10.7.